The Morgan fingerprint density at radius 2 is 2.00 bits per heavy atom. The van der Waals surface area contributed by atoms with Gasteiger partial charge in [0.15, 0.2) is 0 Å². The maximum absolute atomic E-state index is 11.0. The van der Waals surface area contributed by atoms with E-state index < -0.39 is 17.5 Å². The van der Waals surface area contributed by atoms with Gasteiger partial charge in [-0.1, -0.05) is 6.07 Å². The summed E-state index contributed by atoms with van der Waals surface area (Å²) in [6, 6.07) is 6.85. The summed E-state index contributed by atoms with van der Waals surface area (Å²) in [4.78, 5) is 25.6. The summed E-state index contributed by atoms with van der Waals surface area (Å²) < 4.78 is 1.42. The molecule has 2 aromatic rings. The van der Waals surface area contributed by atoms with E-state index in [0.717, 1.165) is 5.69 Å². The maximum Gasteiger partial charge on any atom is 0.376 e. The molecule has 0 aromatic carbocycles. The molecule has 0 unspecified atom stereocenters. The fourth-order valence-corrected chi connectivity index (χ4v) is 1.58. The molecule has 20 heavy (non-hydrogen) atoms. The van der Waals surface area contributed by atoms with Crippen LogP contribution >= 0.6 is 0 Å². The lowest BCUT2D eigenvalue weighted by Crippen LogP contribution is -2.11. The van der Waals surface area contributed by atoms with Crippen molar-refractivity contribution in [2.24, 2.45) is 0 Å². The van der Waals surface area contributed by atoms with Gasteiger partial charge in [-0.15, -0.1) is 0 Å². The Bertz CT molecular complexity index is 661. The lowest BCUT2D eigenvalue weighted by Gasteiger charge is -2.06. The number of ketones is 1. The van der Waals surface area contributed by atoms with Gasteiger partial charge in [-0.05, 0) is 18.2 Å². The van der Waals surface area contributed by atoms with Gasteiger partial charge < -0.3 is 10.2 Å². The van der Waals surface area contributed by atoms with E-state index in [0.29, 0.717) is 12.6 Å². The zero-order chi connectivity index (χ0) is 14.5. The van der Waals surface area contributed by atoms with Crippen molar-refractivity contribution in [3.05, 3.63) is 54.1 Å². The number of aromatic nitrogens is 3. The van der Waals surface area contributed by atoms with Crippen LogP contribution in [0.2, 0.25) is 0 Å². The topological polar surface area (TPSA) is 105 Å². The highest BCUT2D eigenvalue weighted by Gasteiger charge is 2.13. The van der Waals surface area contributed by atoms with E-state index in [4.69, 9.17) is 5.11 Å². The van der Waals surface area contributed by atoms with E-state index in [2.05, 4.69) is 10.1 Å². The average molecular weight is 273 g/mol. The monoisotopic (exact) mass is 273 g/mol. The fourth-order valence-electron chi connectivity index (χ4n) is 1.58. The van der Waals surface area contributed by atoms with Crippen molar-refractivity contribution in [1.82, 2.24) is 14.8 Å². The van der Waals surface area contributed by atoms with Crippen LogP contribution in [0.3, 0.4) is 0 Å². The molecule has 0 aliphatic rings. The number of carboxylic acid groups (broad SMARTS) is 1. The first kappa shape index (κ1) is 13.5. The van der Waals surface area contributed by atoms with E-state index in [1.54, 1.807) is 18.3 Å². The second kappa shape index (κ2) is 5.79. The van der Waals surface area contributed by atoms with Crippen LogP contribution in [-0.2, 0) is 16.1 Å². The Labute approximate surface area is 113 Å². The minimum Gasteiger partial charge on any atom is -0.506 e. The number of hydrogen-bond donors (Lipinski definition) is 2. The molecule has 0 aliphatic carbocycles. The lowest BCUT2D eigenvalue weighted by molar-refractivity contribution is -0.146. The Balaban J connectivity index is 2.25. The zero-order valence-corrected chi connectivity index (χ0v) is 10.3. The summed E-state index contributed by atoms with van der Waals surface area (Å²) in [5.74, 6) is -3.29. The number of aliphatic carboxylic acids is 1. The number of hydrogen-bond acceptors (Lipinski definition) is 5. The fraction of sp³-hybridized carbons (Fsp3) is 0.0769. The summed E-state index contributed by atoms with van der Waals surface area (Å²) in [6.45, 7) is 0.294. The average Bonchev–Trinajstić information content (AvgIpc) is 2.88. The number of aliphatic hydroxyl groups excluding tert-OH is 1. The number of carbonyl (C=O) groups excluding carboxylic acids is 1. The Hall–Kier alpha value is -2.96. The highest BCUT2D eigenvalue weighted by atomic mass is 16.4. The molecule has 0 radical (unpaired) electrons. The van der Waals surface area contributed by atoms with Crippen LogP contribution in [0.5, 0.6) is 0 Å². The molecule has 2 rings (SSSR count). The van der Waals surface area contributed by atoms with Gasteiger partial charge in [-0.2, -0.15) is 5.10 Å². The van der Waals surface area contributed by atoms with Gasteiger partial charge in [0.05, 0.1) is 12.2 Å². The molecule has 0 bridgehead atoms. The smallest absolute Gasteiger partial charge is 0.376 e. The third-order valence-electron chi connectivity index (χ3n) is 2.50. The van der Waals surface area contributed by atoms with Gasteiger partial charge in [0.2, 0.25) is 0 Å². The van der Waals surface area contributed by atoms with Gasteiger partial charge in [0, 0.05) is 18.5 Å². The van der Waals surface area contributed by atoms with Crippen molar-refractivity contribution in [3.63, 3.8) is 0 Å². The molecule has 7 heteroatoms. The number of pyridine rings is 1. The van der Waals surface area contributed by atoms with Gasteiger partial charge in [0.1, 0.15) is 11.5 Å². The normalized spacial score (nSPS) is 11.3. The third-order valence-corrected chi connectivity index (χ3v) is 2.50. The first-order chi connectivity index (χ1) is 9.58. The van der Waals surface area contributed by atoms with Gasteiger partial charge in [-0.3, -0.25) is 14.5 Å². The van der Waals surface area contributed by atoms with Crippen molar-refractivity contribution in [1.29, 1.82) is 0 Å². The summed E-state index contributed by atoms with van der Waals surface area (Å²) in [6.07, 6.45) is 3.71. The molecule has 102 valence electrons. The predicted octanol–water partition coefficient (Wildman–Crippen LogP) is 0.879. The summed E-state index contributed by atoms with van der Waals surface area (Å²) in [5.41, 5.74) is 0.958. The van der Waals surface area contributed by atoms with E-state index in [1.807, 2.05) is 6.07 Å². The van der Waals surface area contributed by atoms with Crippen molar-refractivity contribution in [2.75, 3.05) is 0 Å². The van der Waals surface area contributed by atoms with Crippen LogP contribution in [-0.4, -0.2) is 36.7 Å². The van der Waals surface area contributed by atoms with E-state index in [9.17, 15) is 14.7 Å². The second-order valence-electron chi connectivity index (χ2n) is 3.89. The number of carbonyl (C=O) groups is 2. The number of carboxylic acids is 1. The largest absolute Gasteiger partial charge is 0.506 e. The molecule has 0 fully saturated rings. The Kier molecular flexibility index (Phi) is 3.90. The molecule has 2 aromatic heterocycles. The molecule has 2 N–H and O–H groups in total. The molecule has 7 nitrogen and oxygen atoms in total. The molecule has 0 saturated heterocycles. The Morgan fingerprint density at radius 3 is 2.65 bits per heavy atom. The predicted molar refractivity (Wildman–Crippen MR) is 68.8 cm³/mol. The van der Waals surface area contributed by atoms with Crippen LogP contribution in [0.15, 0.2) is 42.7 Å². The van der Waals surface area contributed by atoms with Crippen LogP contribution in [0.1, 0.15) is 11.4 Å². The molecule has 0 saturated carbocycles. The second-order valence-corrected chi connectivity index (χ2v) is 3.89. The molecule has 0 amide bonds. The molecule has 0 spiro atoms. The third kappa shape index (κ3) is 3.08. The summed E-state index contributed by atoms with van der Waals surface area (Å²) >= 11 is 0. The molecular weight excluding hydrogens is 262 g/mol. The first-order valence-electron chi connectivity index (χ1n) is 5.68. The minimum atomic E-state index is -1.63. The van der Waals surface area contributed by atoms with Crippen LogP contribution < -0.4 is 0 Å². The highest BCUT2D eigenvalue weighted by molar-refractivity contribution is 6.38. The minimum absolute atomic E-state index is 0.241. The molecule has 0 atom stereocenters. The van der Waals surface area contributed by atoms with Crippen LogP contribution in [0.25, 0.3) is 5.76 Å². The van der Waals surface area contributed by atoms with E-state index in [-0.39, 0.29) is 5.69 Å². The lowest BCUT2D eigenvalue weighted by atomic mass is 10.2. The van der Waals surface area contributed by atoms with Crippen molar-refractivity contribution < 1.29 is 19.8 Å². The van der Waals surface area contributed by atoms with Crippen molar-refractivity contribution in [2.45, 2.75) is 6.54 Å². The quantitative estimate of drug-likeness (QED) is 0.476. The van der Waals surface area contributed by atoms with E-state index in [1.165, 1.54) is 16.9 Å². The Morgan fingerprint density at radius 1 is 1.20 bits per heavy atom. The number of aliphatic hydroxyl groups is 1. The number of rotatable bonds is 5. The van der Waals surface area contributed by atoms with Crippen LogP contribution in [0.4, 0.5) is 0 Å². The summed E-state index contributed by atoms with van der Waals surface area (Å²) in [7, 11) is 0. The molecule has 2 heterocycles. The van der Waals surface area contributed by atoms with Crippen LogP contribution in [0, 0.1) is 0 Å². The first-order valence-corrected chi connectivity index (χ1v) is 5.68. The molecule has 0 aliphatic heterocycles. The van der Waals surface area contributed by atoms with Crippen molar-refractivity contribution in [3.8, 4) is 0 Å². The SMILES string of the molecule is O=C(O)C(=O)C=C(O)c1ccnn1Cc1ccccn1. The van der Waals surface area contributed by atoms with Gasteiger partial charge in [-0.25, -0.2) is 4.79 Å². The van der Waals surface area contributed by atoms with E-state index >= 15 is 0 Å². The van der Waals surface area contributed by atoms with Crippen molar-refractivity contribution >= 4 is 17.5 Å². The van der Waals surface area contributed by atoms with Gasteiger partial charge >= 0.3 is 5.97 Å². The summed E-state index contributed by atoms with van der Waals surface area (Å²) in [5, 5.41) is 22.3. The van der Waals surface area contributed by atoms with Gasteiger partial charge in [0.25, 0.3) is 5.78 Å². The zero-order valence-electron chi connectivity index (χ0n) is 10.3. The maximum atomic E-state index is 11.0. The molecular formula is C13H11N3O4. The number of nitrogens with zero attached hydrogens (tertiary/aromatic N) is 3. The highest BCUT2D eigenvalue weighted by Crippen LogP contribution is 2.12. The standard InChI is InChI=1S/C13H11N3O4/c17-11(7-12(18)13(19)20)10-4-6-15-16(10)8-9-3-1-2-5-14-9/h1-7,17H,8H2,(H,19,20).